The zero-order chi connectivity index (χ0) is 27.6. The lowest BCUT2D eigenvalue weighted by Crippen LogP contribution is -2.39. The second-order valence-electron chi connectivity index (χ2n) is 10.2. The lowest BCUT2D eigenvalue weighted by atomic mass is 9.83. The Morgan fingerprint density at radius 1 is 1.13 bits per heavy atom. The van der Waals surface area contributed by atoms with Gasteiger partial charge in [0.15, 0.2) is 18.1 Å². The standard InChI is InChI=1S/C30H41N3O6/c1-4-6-14-33(15-7-5-2)27(34)19-37-30(35)28-23(18-32-24(28)12-11-22-10-8-9-13-31-22)21-16-25(36-3)29-26(17-21)38-20-39-29/h8-10,13,16-17,23-24,28,32H,4-7,11-12,14-15,18-20H2,1-3H3/t23-,24+,28?/m1/s1. The Morgan fingerprint density at radius 2 is 1.92 bits per heavy atom. The monoisotopic (exact) mass is 539 g/mol. The number of nitrogens with one attached hydrogen (secondary N) is 1. The van der Waals surface area contributed by atoms with E-state index in [2.05, 4.69) is 24.1 Å². The zero-order valence-corrected chi connectivity index (χ0v) is 23.3. The van der Waals surface area contributed by atoms with E-state index in [4.69, 9.17) is 18.9 Å². The lowest BCUT2D eigenvalue weighted by Gasteiger charge is -2.25. The molecular weight excluding hydrogens is 498 g/mol. The first kappa shape index (κ1) is 28.7. The topological polar surface area (TPSA) is 99.2 Å². The average molecular weight is 540 g/mol. The van der Waals surface area contributed by atoms with E-state index in [-0.39, 0.29) is 37.2 Å². The van der Waals surface area contributed by atoms with Gasteiger partial charge in [0.05, 0.1) is 13.0 Å². The number of ether oxygens (including phenoxy) is 4. The van der Waals surface area contributed by atoms with Crippen molar-refractivity contribution in [3.8, 4) is 17.2 Å². The molecule has 0 bridgehead atoms. The smallest absolute Gasteiger partial charge is 0.311 e. The van der Waals surface area contributed by atoms with E-state index in [1.807, 2.05) is 35.2 Å². The van der Waals surface area contributed by atoms with E-state index in [0.717, 1.165) is 43.4 Å². The molecule has 2 aliphatic heterocycles. The molecule has 0 saturated carbocycles. The second kappa shape index (κ2) is 14.2. The number of carbonyl (C=O) groups is 2. The maximum absolute atomic E-state index is 13.7. The maximum atomic E-state index is 13.7. The average Bonchev–Trinajstić information content (AvgIpc) is 3.62. The van der Waals surface area contributed by atoms with Crippen molar-refractivity contribution in [2.45, 2.75) is 64.3 Å². The first-order valence-electron chi connectivity index (χ1n) is 14.1. The summed E-state index contributed by atoms with van der Waals surface area (Å²) >= 11 is 0. The van der Waals surface area contributed by atoms with Gasteiger partial charge in [0, 0.05) is 43.5 Å². The van der Waals surface area contributed by atoms with E-state index in [9.17, 15) is 9.59 Å². The van der Waals surface area contributed by atoms with Crippen molar-refractivity contribution in [3.63, 3.8) is 0 Å². The van der Waals surface area contributed by atoms with Crippen molar-refractivity contribution in [2.75, 3.05) is 40.1 Å². The van der Waals surface area contributed by atoms with Crippen LogP contribution in [0.3, 0.4) is 0 Å². The zero-order valence-electron chi connectivity index (χ0n) is 23.3. The normalized spacial score (nSPS) is 19.6. The fourth-order valence-electron chi connectivity index (χ4n) is 5.34. The number of amides is 1. The van der Waals surface area contributed by atoms with Crippen LogP contribution in [0.4, 0.5) is 0 Å². The molecule has 4 rings (SSSR count). The number of pyridine rings is 1. The van der Waals surface area contributed by atoms with Crippen LogP contribution < -0.4 is 19.5 Å². The molecular formula is C30H41N3O6. The molecule has 9 nitrogen and oxygen atoms in total. The third-order valence-electron chi connectivity index (χ3n) is 7.54. The predicted molar refractivity (Wildman–Crippen MR) is 147 cm³/mol. The highest BCUT2D eigenvalue weighted by atomic mass is 16.7. The number of fused-ring (bicyclic) bond motifs is 1. The molecule has 1 saturated heterocycles. The van der Waals surface area contributed by atoms with Crippen LogP contribution in [0.1, 0.15) is 63.1 Å². The Balaban J connectivity index is 1.51. The van der Waals surface area contributed by atoms with Gasteiger partial charge in [-0.05, 0) is 55.5 Å². The first-order chi connectivity index (χ1) is 19.0. The SMILES string of the molecule is CCCCN(CCCC)C(=O)COC(=O)C1[C@H](CCc2ccccn2)NC[C@@H]1c1cc(OC)c2c(c1)OCO2. The van der Waals surface area contributed by atoms with E-state index in [1.165, 1.54) is 0 Å². The van der Waals surface area contributed by atoms with Gasteiger partial charge >= 0.3 is 5.97 Å². The summed E-state index contributed by atoms with van der Waals surface area (Å²) in [6, 6.07) is 9.54. The van der Waals surface area contributed by atoms with Crippen LogP contribution >= 0.6 is 0 Å². The molecule has 0 aliphatic carbocycles. The maximum Gasteiger partial charge on any atom is 0.311 e. The summed E-state index contributed by atoms with van der Waals surface area (Å²) in [7, 11) is 1.59. The molecule has 2 aliphatic rings. The van der Waals surface area contributed by atoms with Gasteiger partial charge in [-0.2, -0.15) is 0 Å². The number of methoxy groups -OCH3 is 1. The fourth-order valence-corrected chi connectivity index (χ4v) is 5.34. The number of hydrogen-bond acceptors (Lipinski definition) is 8. The first-order valence-corrected chi connectivity index (χ1v) is 14.1. The molecule has 3 atom stereocenters. The van der Waals surface area contributed by atoms with Crippen molar-refractivity contribution < 1.29 is 28.5 Å². The minimum atomic E-state index is -0.480. The third-order valence-corrected chi connectivity index (χ3v) is 7.54. The third kappa shape index (κ3) is 7.20. The number of aromatic nitrogens is 1. The predicted octanol–water partition coefficient (Wildman–Crippen LogP) is 4.10. The Labute approximate surface area is 231 Å². The molecule has 39 heavy (non-hydrogen) atoms. The van der Waals surface area contributed by atoms with Gasteiger partial charge in [-0.3, -0.25) is 14.6 Å². The molecule has 0 radical (unpaired) electrons. The fraction of sp³-hybridized carbons (Fsp3) is 0.567. The summed E-state index contributed by atoms with van der Waals surface area (Å²) in [5.41, 5.74) is 1.88. The summed E-state index contributed by atoms with van der Waals surface area (Å²) in [6.45, 7) is 6.05. The molecule has 1 fully saturated rings. The molecule has 1 amide bonds. The summed E-state index contributed by atoms with van der Waals surface area (Å²) in [5, 5.41) is 3.54. The van der Waals surface area contributed by atoms with Crippen molar-refractivity contribution in [2.24, 2.45) is 5.92 Å². The van der Waals surface area contributed by atoms with Crippen LogP contribution in [0, 0.1) is 5.92 Å². The van der Waals surface area contributed by atoms with E-state index >= 15 is 0 Å². The minimum Gasteiger partial charge on any atom is -0.493 e. The van der Waals surface area contributed by atoms with Crippen molar-refractivity contribution >= 4 is 11.9 Å². The molecule has 1 aromatic carbocycles. The van der Waals surface area contributed by atoms with Crippen molar-refractivity contribution in [3.05, 3.63) is 47.8 Å². The second-order valence-corrected chi connectivity index (χ2v) is 10.2. The minimum absolute atomic E-state index is 0.130. The number of carbonyl (C=O) groups excluding carboxylic acids is 2. The van der Waals surface area contributed by atoms with Gasteiger partial charge in [-0.15, -0.1) is 0 Å². The largest absolute Gasteiger partial charge is 0.493 e. The van der Waals surface area contributed by atoms with Crippen LogP contribution in [0.5, 0.6) is 17.2 Å². The van der Waals surface area contributed by atoms with Gasteiger partial charge in [0.1, 0.15) is 0 Å². The molecule has 2 aromatic rings. The molecule has 3 heterocycles. The number of hydrogen-bond donors (Lipinski definition) is 1. The lowest BCUT2D eigenvalue weighted by molar-refractivity contribution is -0.156. The number of benzene rings is 1. The van der Waals surface area contributed by atoms with Crippen LogP contribution in [0.15, 0.2) is 36.5 Å². The van der Waals surface area contributed by atoms with Crippen LogP contribution in [0.2, 0.25) is 0 Å². The summed E-state index contributed by atoms with van der Waals surface area (Å²) < 4.78 is 22.5. The number of unbranched alkanes of at least 4 members (excludes halogenated alkanes) is 2. The Bertz CT molecular complexity index is 1090. The van der Waals surface area contributed by atoms with Gasteiger partial charge in [-0.1, -0.05) is 32.8 Å². The van der Waals surface area contributed by atoms with E-state index in [1.54, 1.807) is 13.3 Å². The van der Waals surface area contributed by atoms with Crippen LogP contribution in [0.25, 0.3) is 0 Å². The van der Waals surface area contributed by atoms with Crippen LogP contribution in [-0.2, 0) is 20.7 Å². The molecule has 1 N–H and O–H groups in total. The molecule has 0 spiro atoms. The Hall–Kier alpha value is -3.33. The summed E-state index contributed by atoms with van der Waals surface area (Å²) in [5.74, 6) is 0.581. The van der Waals surface area contributed by atoms with E-state index in [0.29, 0.717) is 43.3 Å². The summed E-state index contributed by atoms with van der Waals surface area (Å²) in [6.07, 6.45) is 7.07. The number of aryl methyl sites for hydroxylation is 1. The highest BCUT2D eigenvalue weighted by Gasteiger charge is 2.43. The number of esters is 1. The van der Waals surface area contributed by atoms with Gasteiger partial charge < -0.3 is 29.2 Å². The van der Waals surface area contributed by atoms with Crippen molar-refractivity contribution in [1.82, 2.24) is 15.2 Å². The number of rotatable bonds is 14. The highest BCUT2D eigenvalue weighted by Crippen LogP contribution is 2.45. The van der Waals surface area contributed by atoms with E-state index < -0.39 is 5.92 Å². The van der Waals surface area contributed by atoms with Crippen LogP contribution in [-0.4, -0.2) is 67.9 Å². The quantitative estimate of drug-likeness (QED) is 0.359. The molecule has 1 unspecified atom stereocenters. The summed E-state index contributed by atoms with van der Waals surface area (Å²) in [4.78, 5) is 32.9. The Kier molecular flexibility index (Phi) is 10.4. The van der Waals surface area contributed by atoms with Gasteiger partial charge in [0.2, 0.25) is 12.5 Å². The van der Waals surface area contributed by atoms with Gasteiger partial charge in [0.25, 0.3) is 5.91 Å². The molecule has 9 heteroatoms. The molecule has 1 aromatic heterocycles. The highest BCUT2D eigenvalue weighted by molar-refractivity contribution is 5.82. The number of nitrogens with zero attached hydrogens (tertiary/aromatic N) is 2. The van der Waals surface area contributed by atoms with Crippen molar-refractivity contribution in [1.29, 1.82) is 0 Å². The molecule has 212 valence electrons. The Morgan fingerprint density at radius 3 is 2.62 bits per heavy atom. The van der Waals surface area contributed by atoms with Gasteiger partial charge in [-0.25, -0.2) is 0 Å².